The van der Waals surface area contributed by atoms with Gasteiger partial charge in [0.1, 0.15) is 11.3 Å². The lowest BCUT2D eigenvalue weighted by molar-refractivity contribution is 0.102. The van der Waals surface area contributed by atoms with E-state index in [0.29, 0.717) is 12.2 Å². The summed E-state index contributed by atoms with van der Waals surface area (Å²) in [5.74, 6) is -0.619. The van der Waals surface area contributed by atoms with E-state index in [0.717, 1.165) is 5.56 Å². The number of amides is 1. The van der Waals surface area contributed by atoms with E-state index in [1.54, 1.807) is 23.0 Å². The molecule has 6 heteroatoms. The molecule has 3 aromatic rings. The van der Waals surface area contributed by atoms with Crippen LogP contribution in [0.3, 0.4) is 0 Å². The molecule has 3 rings (SSSR count). The molecular formula is C19H17N3O3. The average molecular weight is 335 g/mol. The molecule has 0 bridgehead atoms. The quantitative estimate of drug-likeness (QED) is 0.768. The Hall–Kier alpha value is -3.41. The third kappa shape index (κ3) is 3.58. The molecule has 0 fully saturated rings. The fraction of sp³-hybridized carbons (Fsp3) is 0.105. The van der Waals surface area contributed by atoms with Crippen LogP contribution in [-0.2, 0) is 6.54 Å². The maximum Gasteiger partial charge on any atom is 0.261 e. The second kappa shape index (κ2) is 7.00. The third-order valence-electron chi connectivity index (χ3n) is 3.83. The normalized spacial score (nSPS) is 10.4. The van der Waals surface area contributed by atoms with Crippen LogP contribution in [-0.4, -0.2) is 15.5 Å². The molecule has 0 aliphatic carbocycles. The predicted octanol–water partition coefficient (Wildman–Crippen LogP) is 2.48. The molecule has 0 saturated heterocycles. The number of nitrogens with zero attached hydrogens (tertiary/aromatic N) is 1. The highest BCUT2D eigenvalue weighted by atomic mass is 16.2. The zero-order valence-corrected chi connectivity index (χ0v) is 13.7. The Labute approximate surface area is 143 Å². The summed E-state index contributed by atoms with van der Waals surface area (Å²) in [5.41, 5.74) is 0.739. The SMILES string of the molecule is CCn1ccc(=O)c(NC(=O)c2ccc(-c3ccccc3)[nH]c2=O)c1. The molecule has 0 atom stereocenters. The lowest BCUT2D eigenvalue weighted by atomic mass is 10.1. The number of H-pyrrole nitrogens is 1. The minimum absolute atomic E-state index is 0.0500. The Kier molecular flexibility index (Phi) is 4.61. The summed E-state index contributed by atoms with van der Waals surface area (Å²) in [5, 5.41) is 2.51. The monoisotopic (exact) mass is 335 g/mol. The molecule has 2 N–H and O–H groups in total. The first-order valence-corrected chi connectivity index (χ1v) is 7.88. The minimum atomic E-state index is -0.619. The van der Waals surface area contributed by atoms with Crippen molar-refractivity contribution in [2.24, 2.45) is 0 Å². The standard InChI is InChI=1S/C19H17N3O3/c1-2-22-11-10-17(23)16(12-22)21-19(25)14-8-9-15(20-18(14)24)13-6-4-3-5-7-13/h3-12H,2H2,1H3,(H,20,24)(H,21,25). The van der Waals surface area contributed by atoms with Gasteiger partial charge in [-0.3, -0.25) is 14.4 Å². The lowest BCUT2D eigenvalue weighted by Crippen LogP contribution is -2.25. The average Bonchev–Trinajstić information content (AvgIpc) is 2.64. The van der Waals surface area contributed by atoms with Crippen LogP contribution in [0.15, 0.2) is 70.5 Å². The molecule has 0 aliphatic heterocycles. The van der Waals surface area contributed by atoms with Crippen molar-refractivity contribution in [2.75, 3.05) is 5.32 Å². The van der Waals surface area contributed by atoms with Gasteiger partial charge >= 0.3 is 0 Å². The first-order valence-electron chi connectivity index (χ1n) is 7.88. The van der Waals surface area contributed by atoms with E-state index in [1.165, 1.54) is 12.1 Å². The molecule has 0 unspecified atom stereocenters. The van der Waals surface area contributed by atoms with Crippen LogP contribution in [0.4, 0.5) is 5.69 Å². The van der Waals surface area contributed by atoms with Gasteiger partial charge in [-0.15, -0.1) is 0 Å². The van der Waals surface area contributed by atoms with Crippen LogP contribution >= 0.6 is 0 Å². The van der Waals surface area contributed by atoms with Crippen LogP contribution in [0.1, 0.15) is 17.3 Å². The molecule has 1 amide bonds. The Morgan fingerprint density at radius 3 is 2.52 bits per heavy atom. The number of benzene rings is 1. The summed E-state index contributed by atoms with van der Waals surface area (Å²) in [4.78, 5) is 39.2. The summed E-state index contributed by atoms with van der Waals surface area (Å²) >= 11 is 0. The van der Waals surface area contributed by atoms with Gasteiger partial charge in [0.25, 0.3) is 11.5 Å². The number of aromatic nitrogens is 2. The molecule has 6 nitrogen and oxygen atoms in total. The molecule has 0 radical (unpaired) electrons. The fourth-order valence-corrected chi connectivity index (χ4v) is 2.44. The summed E-state index contributed by atoms with van der Waals surface area (Å²) < 4.78 is 1.76. The minimum Gasteiger partial charge on any atom is -0.352 e. The third-order valence-corrected chi connectivity index (χ3v) is 3.83. The topological polar surface area (TPSA) is 84.0 Å². The van der Waals surface area contributed by atoms with Crippen molar-refractivity contribution >= 4 is 11.6 Å². The van der Waals surface area contributed by atoms with Gasteiger partial charge in [0.05, 0.1) is 0 Å². The van der Waals surface area contributed by atoms with Crippen molar-refractivity contribution in [2.45, 2.75) is 13.5 Å². The maximum atomic E-state index is 12.4. The Morgan fingerprint density at radius 1 is 1.08 bits per heavy atom. The van der Waals surface area contributed by atoms with Gasteiger partial charge in [-0.05, 0) is 24.6 Å². The van der Waals surface area contributed by atoms with Crippen LogP contribution in [0.2, 0.25) is 0 Å². The van der Waals surface area contributed by atoms with Crippen molar-refractivity contribution in [3.8, 4) is 11.3 Å². The number of carbonyl (C=O) groups is 1. The van der Waals surface area contributed by atoms with E-state index in [9.17, 15) is 14.4 Å². The van der Waals surface area contributed by atoms with Gasteiger partial charge in [0.15, 0.2) is 0 Å². The van der Waals surface area contributed by atoms with Crippen LogP contribution < -0.4 is 16.3 Å². The highest BCUT2D eigenvalue weighted by Crippen LogP contribution is 2.14. The summed E-state index contributed by atoms with van der Waals surface area (Å²) in [7, 11) is 0. The summed E-state index contributed by atoms with van der Waals surface area (Å²) in [6, 6.07) is 13.8. The van der Waals surface area contributed by atoms with E-state index in [4.69, 9.17) is 0 Å². The predicted molar refractivity (Wildman–Crippen MR) is 96.8 cm³/mol. The second-order valence-electron chi connectivity index (χ2n) is 5.49. The maximum absolute atomic E-state index is 12.4. The molecule has 0 saturated carbocycles. The molecular weight excluding hydrogens is 318 g/mol. The van der Waals surface area contributed by atoms with E-state index < -0.39 is 11.5 Å². The van der Waals surface area contributed by atoms with Crippen molar-refractivity contribution < 1.29 is 4.79 Å². The fourth-order valence-electron chi connectivity index (χ4n) is 2.44. The van der Waals surface area contributed by atoms with Gasteiger partial charge < -0.3 is 14.9 Å². The van der Waals surface area contributed by atoms with Crippen LogP contribution in [0, 0.1) is 0 Å². The first kappa shape index (κ1) is 16.4. The number of pyridine rings is 2. The molecule has 126 valence electrons. The number of aromatic amines is 1. The van der Waals surface area contributed by atoms with Crippen molar-refractivity contribution in [3.05, 3.63) is 87.1 Å². The number of hydrogen-bond acceptors (Lipinski definition) is 3. The number of anilines is 1. The van der Waals surface area contributed by atoms with Gasteiger partial charge in [0.2, 0.25) is 5.43 Å². The molecule has 2 heterocycles. The highest BCUT2D eigenvalue weighted by molar-refractivity contribution is 6.04. The highest BCUT2D eigenvalue weighted by Gasteiger charge is 2.13. The molecule has 25 heavy (non-hydrogen) atoms. The van der Waals surface area contributed by atoms with Crippen molar-refractivity contribution in [1.29, 1.82) is 0 Å². The number of carbonyl (C=O) groups excluding carboxylic acids is 1. The van der Waals surface area contributed by atoms with Gasteiger partial charge in [0, 0.05) is 30.7 Å². The van der Waals surface area contributed by atoms with E-state index >= 15 is 0 Å². The Bertz CT molecular complexity index is 1020. The Morgan fingerprint density at radius 2 is 1.84 bits per heavy atom. The van der Waals surface area contributed by atoms with Gasteiger partial charge in [-0.25, -0.2) is 0 Å². The smallest absolute Gasteiger partial charge is 0.261 e. The number of rotatable bonds is 4. The first-order chi connectivity index (χ1) is 12.1. The Balaban J connectivity index is 1.88. The number of hydrogen-bond donors (Lipinski definition) is 2. The lowest BCUT2D eigenvalue weighted by Gasteiger charge is -2.08. The number of aryl methyl sites for hydroxylation is 1. The molecule has 0 spiro atoms. The van der Waals surface area contributed by atoms with Gasteiger partial charge in [-0.2, -0.15) is 0 Å². The summed E-state index contributed by atoms with van der Waals surface area (Å²) in [6.45, 7) is 2.58. The molecule has 0 aliphatic rings. The molecule has 1 aromatic carbocycles. The van der Waals surface area contributed by atoms with Gasteiger partial charge in [-0.1, -0.05) is 30.3 Å². The van der Waals surface area contributed by atoms with Crippen LogP contribution in [0.5, 0.6) is 0 Å². The second-order valence-corrected chi connectivity index (χ2v) is 5.49. The van der Waals surface area contributed by atoms with Crippen molar-refractivity contribution in [3.63, 3.8) is 0 Å². The van der Waals surface area contributed by atoms with E-state index in [1.807, 2.05) is 37.3 Å². The zero-order valence-electron chi connectivity index (χ0n) is 13.7. The summed E-state index contributed by atoms with van der Waals surface area (Å²) in [6.07, 6.45) is 3.19. The van der Waals surface area contributed by atoms with Crippen LogP contribution in [0.25, 0.3) is 11.3 Å². The number of nitrogens with one attached hydrogen (secondary N) is 2. The molecule has 2 aromatic heterocycles. The van der Waals surface area contributed by atoms with Crippen molar-refractivity contribution in [1.82, 2.24) is 9.55 Å². The largest absolute Gasteiger partial charge is 0.352 e. The van der Waals surface area contributed by atoms with E-state index in [-0.39, 0.29) is 16.7 Å². The van der Waals surface area contributed by atoms with E-state index in [2.05, 4.69) is 10.3 Å². The zero-order chi connectivity index (χ0) is 17.8.